The number of nitrogens with one attached hydrogen (secondary N) is 1. The summed E-state index contributed by atoms with van der Waals surface area (Å²) in [5.41, 5.74) is -0.936. The molecule has 0 aromatic rings. The SMILES string of the molecule is COC1(CNC(=O)[C@@H]2O[C@H]2C)CCN(C(=O)OC(C)(C)C)CC1. The molecule has 0 spiro atoms. The lowest BCUT2D eigenvalue weighted by molar-refractivity contribution is -0.125. The third kappa shape index (κ3) is 4.81. The minimum absolute atomic E-state index is 0.00232. The van der Waals surface area contributed by atoms with E-state index < -0.39 is 11.2 Å². The van der Waals surface area contributed by atoms with Crippen LogP contribution < -0.4 is 5.32 Å². The lowest BCUT2D eigenvalue weighted by Gasteiger charge is -2.41. The van der Waals surface area contributed by atoms with E-state index in [1.54, 1.807) is 12.0 Å². The van der Waals surface area contributed by atoms with Crippen LogP contribution in [0.4, 0.5) is 4.79 Å². The van der Waals surface area contributed by atoms with E-state index in [0.717, 1.165) is 0 Å². The largest absolute Gasteiger partial charge is 0.444 e. The average Bonchev–Trinajstić information content (AvgIpc) is 3.20. The van der Waals surface area contributed by atoms with Crippen molar-refractivity contribution < 1.29 is 23.8 Å². The van der Waals surface area contributed by atoms with E-state index in [0.29, 0.717) is 32.5 Å². The molecule has 7 nitrogen and oxygen atoms in total. The van der Waals surface area contributed by atoms with Crippen molar-refractivity contribution in [1.29, 1.82) is 0 Å². The second-order valence-electron chi connectivity index (χ2n) is 7.33. The maximum atomic E-state index is 12.1. The molecule has 2 aliphatic rings. The fourth-order valence-corrected chi connectivity index (χ4v) is 2.69. The van der Waals surface area contributed by atoms with Crippen molar-refractivity contribution in [1.82, 2.24) is 10.2 Å². The number of carbonyl (C=O) groups excluding carboxylic acids is 2. The summed E-state index contributed by atoms with van der Waals surface area (Å²) in [7, 11) is 1.64. The van der Waals surface area contributed by atoms with Crippen LogP contribution in [0.25, 0.3) is 0 Å². The maximum absolute atomic E-state index is 12.1. The van der Waals surface area contributed by atoms with Gasteiger partial charge >= 0.3 is 6.09 Å². The highest BCUT2D eigenvalue weighted by molar-refractivity contribution is 5.83. The molecule has 0 bridgehead atoms. The molecule has 0 saturated carbocycles. The Morgan fingerprint density at radius 3 is 2.30 bits per heavy atom. The van der Waals surface area contributed by atoms with Gasteiger partial charge in [-0.25, -0.2) is 4.79 Å². The minimum Gasteiger partial charge on any atom is -0.444 e. The van der Waals surface area contributed by atoms with E-state index in [1.807, 2.05) is 27.7 Å². The number of carbonyl (C=O) groups is 2. The van der Waals surface area contributed by atoms with Gasteiger partial charge in [0.15, 0.2) is 6.10 Å². The molecule has 2 aliphatic heterocycles. The molecule has 23 heavy (non-hydrogen) atoms. The molecule has 2 amide bonds. The minimum atomic E-state index is -0.498. The molecule has 2 fully saturated rings. The quantitative estimate of drug-likeness (QED) is 0.787. The van der Waals surface area contributed by atoms with E-state index in [2.05, 4.69) is 5.32 Å². The topological polar surface area (TPSA) is 80.4 Å². The second kappa shape index (κ2) is 6.65. The van der Waals surface area contributed by atoms with E-state index in [9.17, 15) is 9.59 Å². The highest BCUT2D eigenvalue weighted by Crippen LogP contribution is 2.27. The average molecular weight is 328 g/mol. The molecule has 2 saturated heterocycles. The number of amides is 2. The van der Waals surface area contributed by atoms with Crippen LogP contribution in [0.15, 0.2) is 0 Å². The monoisotopic (exact) mass is 328 g/mol. The Labute approximate surface area is 137 Å². The number of epoxide rings is 1. The van der Waals surface area contributed by atoms with Gasteiger partial charge in [0, 0.05) is 26.7 Å². The number of piperidine rings is 1. The van der Waals surface area contributed by atoms with E-state index >= 15 is 0 Å². The fraction of sp³-hybridized carbons (Fsp3) is 0.875. The molecule has 7 heteroatoms. The van der Waals surface area contributed by atoms with Crippen molar-refractivity contribution in [2.24, 2.45) is 0 Å². The highest BCUT2D eigenvalue weighted by Gasteiger charge is 2.43. The van der Waals surface area contributed by atoms with E-state index in [4.69, 9.17) is 14.2 Å². The predicted octanol–water partition coefficient (Wildman–Crippen LogP) is 1.31. The maximum Gasteiger partial charge on any atom is 0.410 e. The Hall–Kier alpha value is -1.34. The summed E-state index contributed by atoms with van der Waals surface area (Å²) in [6.45, 7) is 8.96. The molecular formula is C16H28N2O5. The Morgan fingerprint density at radius 1 is 1.30 bits per heavy atom. The van der Waals surface area contributed by atoms with Crippen LogP contribution in [0.1, 0.15) is 40.5 Å². The van der Waals surface area contributed by atoms with Gasteiger partial charge in [-0.1, -0.05) is 0 Å². The Morgan fingerprint density at radius 2 is 1.87 bits per heavy atom. The molecule has 0 aromatic heterocycles. The van der Waals surface area contributed by atoms with E-state index in [-0.39, 0.29) is 24.2 Å². The summed E-state index contributed by atoms with van der Waals surface area (Å²) >= 11 is 0. The summed E-state index contributed by atoms with van der Waals surface area (Å²) < 4.78 is 16.2. The lowest BCUT2D eigenvalue weighted by atomic mass is 9.91. The van der Waals surface area contributed by atoms with Crippen molar-refractivity contribution in [2.75, 3.05) is 26.7 Å². The lowest BCUT2D eigenvalue weighted by Crippen LogP contribution is -2.54. The summed E-state index contributed by atoms with van der Waals surface area (Å²) in [5.74, 6) is -0.0940. The van der Waals surface area contributed by atoms with Crippen LogP contribution in [0.5, 0.6) is 0 Å². The van der Waals surface area contributed by atoms with Gasteiger partial charge in [0.25, 0.3) is 5.91 Å². The summed E-state index contributed by atoms with van der Waals surface area (Å²) in [6, 6.07) is 0. The molecule has 2 heterocycles. The van der Waals surface area contributed by atoms with Crippen molar-refractivity contribution in [3.63, 3.8) is 0 Å². The number of hydrogen-bond donors (Lipinski definition) is 1. The van der Waals surface area contributed by atoms with Gasteiger partial charge in [0.1, 0.15) is 5.60 Å². The molecule has 132 valence electrons. The van der Waals surface area contributed by atoms with Gasteiger partial charge in [-0.2, -0.15) is 0 Å². The van der Waals surface area contributed by atoms with Crippen LogP contribution in [-0.2, 0) is 19.0 Å². The summed E-state index contributed by atoms with van der Waals surface area (Å²) in [6.07, 6.45) is 0.688. The summed E-state index contributed by atoms with van der Waals surface area (Å²) in [5, 5.41) is 2.90. The molecule has 0 aliphatic carbocycles. The number of nitrogens with zero attached hydrogens (tertiary/aromatic N) is 1. The molecule has 0 radical (unpaired) electrons. The Balaban J connectivity index is 1.82. The van der Waals surface area contributed by atoms with Crippen LogP contribution in [0.2, 0.25) is 0 Å². The molecule has 2 atom stereocenters. The van der Waals surface area contributed by atoms with Crippen molar-refractivity contribution in [3.05, 3.63) is 0 Å². The first kappa shape index (κ1) is 18.0. The molecule has 1 N–H and O–H groups in total. The van der Waals surface area contributed by atoms with Crippen molar-refractivity contribution >= 4 is 12.0 Å². The molecular weight excluding hydrogens is 300 g/mol. The van der Waals surface area contributed by atoms with Crippen LogP contribution in [0.3, 0.4) is 0 Å². The highest BCUT2D eigenvalue weighted by atomic mass is 16.6. The number of hydrogen-bond acceptors (Lipinski definition) is 5. The number of methoxy groups -OCH3 is 1. The van der Waals surface area contributed by atoms with Crippen molar-refractivity contribution in [2.45, 2.75) is 63.9 Å². The number of likely N-dealkylation sites (tertiary alicyclic amines) is 1. The van der Waals surface area contributed by atoms with Gasteiger partial charge in [-0.15, -0.1) is 0 Å². The molecule has 2 rings (SSSR count). The van der Waals surface area contributed by atoms with Gasteiger partial charge in [0.05, 0.1) is 11.7 Å². The Bertz CT molecular complexity index is 452. The summed E-state index contributed by atoms with van der Waals surface area (Å²) in [4.78, 5) is 25.6. The third-order valence-electron chi connectivity index (χ3n) is 4.31. The van der Waals surface area contributed by atoms with Crippen molar-refractivity contribution in [3.8, 4) is 0 Å². The molecule has 0 unspecified atom stereocenters. The standard InChI is InChI=1S/C16H28N2O5/c1-11-12(22-11)13(19)17-10-16(21-5)6-8-18(9-7-16)14(20)23-15(2,3)4/h11-12H,6-10H2,1-5H3,(H,17,19)/t11-,12+/m0/s1. The first-order valence-electron chi connectivity index (χ1n) is 8.12. The number of ether oxygens (including phenoxy) is 3. The smallest absolute Gasteiger partial charge is 0.410 e. The van der Waals surface area contributed by atoms with Crippen LogP contribution in [0, 0.1) is 0 Å². The van der Waals surface area contributed by atoms with Gasteiger partial charge < -0.3 is 24.4 Å². The zero-order chi connectivity index (χ0) is 17.3. The van der Waals surface area contributed by atoms with Crippen LogP contribution in [-0.4, -0.2) is 67.1 Å². The normalized spacial score (nSPS) is 26.6. The van der Waals surface area contributed by atoms with Crippen LogP contribution >= 0.6 is 0 Å². The zero-order valence-electron chi connectivity index (χ0n) is 14.7. The third-order valence-corrected chi connectivity index (χ3v) is 4.31. The predicted molar refractivity (Wildman–Crippen MR) is 84.1 cm³/mol. The second-order valence-corrected chi connectivity index (χ2v) is 7.33. The fourth-order valence-electron chi connectivity index (χ4n) is 2.69. The van der Waals surface area contributed by atoms with Gasteiger partial charge in [0.2, 0.25) is 0 Å². The van der Waals surface area contributed by atoms with Gasteiger partial charge in [-0.05, 0) is 40.5 Å². The Kier molecular flexibility index (Phi) is 5.20. The first-order valence-corrected chi connectivity index (χ1v) is 8.12. The van der Waals surface area contributed by atoms with Gasteiger partial charge in [-0.3, -0.25) is 4.79 Å². The number of rotatable bonds is 4. The molecule has 0 aromatic carbocycles. The zero-order valence-corrected chi connectivity index (χ0v) is 14.7. The van der Waals surface area contributed by atoms with E-state index in [1.165, 1.54) is 0 Å². The first-order chi connectivity index (χ1) is 10.7.